The van der Waals surface area contributed by atoms with Gasteiger partial charge in [-0.25, -0.2) is 4.79 Å². The third kappa shape index (κ3) is 10.5. The van der Waals surface area contributed by atoms with Crippen molar-refractivity contribution in [3.63, 3.8) is 0 Å². The van der Waals surface area contributed by atoms with Gasteiger partial charge in [0.15, 0.2) is 28.1 Å². The van der Waals surface area contributed by atoms with Gasteiger partial charge in [-0.1, -0.05) is 13.0 Å². The van der Waals surface area contributed by atoms with Crippen molar-refractivity contribution in [2.24, 2.45) is 5.92 Å². The fraction of sp³-hybridized carbons (Fsp3) is 0.609. The molecule has 0 aliphatic carbocycles. The van der Waals surface area contributed by atoms with Crippen LogP contribution in [0.2, 0.25) is 45.3 Å². The summed E-state index contributed by atoms with van der Waals surface area (Å²) in [6, 6.07) is 4.46. The minimum atomic E-state index is -1.72. The number of methoxy groups -OCH3 is 3. The van der Waals surface area contributed by atoms with Crippen LogP contribution < -0.4 is 14.2 Å². The highest BCUT2D eigenvalue weighted by atomic mass is 28.4. The average Bonchev–Trinajstić information content (AvgIpc) is 2.68. The lowest BCUT2D eigenvalue weighted by Crippen LogP contribution is -2.43. The summed E-state index contributed by atoms with van der Waals surface area (Å²) in [5.41, 5.74) is 1.04. The molecule has 1 unspecified atom stereocenters. The summed E-state index contributed by atoms with van der Waals surface area (Å²) in [5, 5.41) is 9.89. The number of hydrogen-bond donors (Lipinski definition) is 1. The SMILES string of the molecule is COc1cc(C=C(C(=O)O)C(C)CC[SiH2]C(O[Si](C)(C)C)O[Si](C)(C)C)cc(OC)c1OC. The molecule has 0 aliphatic heterocycles. The maximum Gasteiger partial charge on any atom is 0.331 e. The molecule has 1 rings (SSSR count). The van der Waals surface area contributed by atoms with Gasteiger partial charge in [0, 0.05) is 5.57 Å². The predicted octanol–water partition coefficient (Wildman–Crippen LogP) is 4.78. The third-order valence-corrected chi connectivity index (χ3v) is 9.06. The van der Waals surface area contributed by atoms with Gasteiger partial charge in [0.05, 0.1) is 30.8 Å². The highest BCUT2D eigenvalue weighted by molar-refractivity contribution is 6.71. The maximum atomic E-state index is 12.1. The van der Waals surface area contributed by atoms with Gasteiger partial charge < -0.3 is 28.2 Å². The van der Waals surface area contributed by atoms with Crippen molar-refractivity contribution in [1.29, 1.82) is 0 Å². The Kier molecular flexibility index (Phi) is 11.4. The molecule has 0 spiro atoms. The molecule has 0 saturated carbocycles. The smallest absolute Gasteiger partial charge is 0.331 e. The average molecular weight is 515 g/mol. The number of aliphatic carboxylic acids is 1. The third-order valence-electron chi connectivity index (χ3n) is 4.83. The zero-order valence-electron chi connectivity index (χ0n) is 21.9. The summed E-state index contributed by atoms with van der Waals surface area (Å²) < 4.78 is 28.8. The Morgan fingerprint density at radius 2 is 1.45 bits per heavy atom. The van der Waals surface area contributed by atoms with Gasteiger partial charge in [0.2, 0.25) is 5.75 Å². The molecule has 1 aromatic rings. The van der Waals surface area contributed by atoms with E-state index in [0.29, 0.717) is 28.4 Å². The van der Waals surface area contributed by atoms with Crippen LogP contribution in [-0.2, 0) is 13.6 Å². The second-order valence-electron chi connectivity index (χ2n) is 10.1. The summed E-state index contributed by atoms with van der Waals surface area (Å²) in [4.78, 5) is 12.1. The predicted molar refractivity (Wildman–Crippen MR) is 141 cm³/mol. The van der Waals surface area contributed by atoms with Gasteiger partial charge in [-0.2, -0.15) is 0 Å². The van der Waals surface area contributed by atoms with Crippen LogP contribution in [0.5, 0.6) is 17.2 Å². The van der Waals surface area contributed by atoms with Crippen LogP contribution in [-0.4, -0.2) is 64.5 Å². The lowest BCUT2D eigenvalue weighted by molar-refractivity contribution is -0.133. The molecule has 33 heavy (non-hydrogen) atoms. The number of carboxylic acids is 1. The molecule has 7 nitrogen and oxygen atoms in total. The van der Waals surface area contributed by atoms with Crippen LogP contribution in [0.1, 0.15) is 18.9 Å². The van der Waals surface area contributed by atoms with Gasteiger partial charge in [0.1, 0.15) is 5.91 Å². The fourth-order valence-corrected chi connectivity index (χ4v) is 10.3. The van der Waals surface area contributed by atoms with E-state index in [1.165, 1.54) is 21.3 Å². The van der Waals surface area contributed by atoms with E-state index in [4.69, 9.17) is 23.1 Å². The van der Waals surface area contributed by atoms with E-state index in [1.54, 1.807) is 18.2 Å². The molecule has 0 bridgehead atoms. The second-order valence-corrected chi connectivity index (χ2v) is 21.0. The first-order valence-electron chi connectivity index (χ1n) is 11.3. The summed E-state index contributed by atoms with van der Waals surface area (Å²) >= 11 is 0. The number of carbonyl (C=O) groups is 1. The molecule has 1 aromatic carbocycles. The summed E-state index contributed by atoms with van der Waals surface area (Å²) in [7, 11) is 0.488. The zero-order valence-corrected chi connectivity index (χ0v) is 25.3. The molecule has 1 N–H and O–H groups in total. The van der Waals surface area contributed by atoms with E-state index in [1.807, 2.05) is 6.92 Å². The standard InChI is InChI=1S/C23H42O7Si3/c1-16(11-12-31-23(29-32(5,6)7)30-33(8,9)10)18(22(24)25)13-17-14-19(26-2)21(28-4)20(15-17)27-3/h13-16,23H,11-12,31H2,1-10H3,(H,24,25). The number of benzene rings is 1. The first-order valence-corrected chi connectivity index (χ1v) is 19.9. The van der Waals surface area contributed by atoms with E-state index in [9.17, 15) is 9.90 Å². The quantitative estimate of drug-likeness (QED) is 0.217. The lowest BCUT2D eigenvalue weighted by atomic mass is 9.96. The monoisotopic (exact) mass is 514 g/mol. The Bertz CT molecular complexity index is 772. The van der Waals surface area contributed by atoms with Crippen molar-refractivity contribution in [3.05, 3.63) is 23.3 Å². The normalized spacial score (nSPS) is 14.1. The molecular weight excluding hydrogens is 473 g/mol. The molecule has 0 heterocycles. The van der Waals surface area contributed by atoms with Crippen LogP contribution in [0, 0.1) is 5.92 Å². The molecule has 0 amide bonds. The molecule has 0 fully saturated rings. The largest absolute Gasteiger partial charge is 0.493 e. The molecule has 0 saturated heterocycles. The molecule has 1 atom stereocenters. The molecule has 0 aliphatic rings. The van der Waals surface area contributed by atoms with Gasteiger partial charge in [-0.05, 0) is 75.4 Å². The van der Waals surface area contributed by atoms with E-state index >= 15 is 0 Å². The second kappa shape index (κ2) is 12.7. The molecule has 0 radical (unpaired) electrons. The van der Waals surface area contributed by atoms with Crippen molar-refractivity contribution in [3.8, 4) is 17.2 Å². The van der Waals surface area contributed by atoms with Crippen LogP contribution in [0.15, 0.2) is 17.7 Å². The van der Waals surface area contributed by atoms with Crippen molar-refractivity contribution in [2.45, 2.75) is 64.6 Å². The van der Waals surface area contributed by atoms with Crippen molar-refractivity contribution < 1.29 is 33.0 Å². The molecule has 0 aromatic heterocycles. The Morgan fingerprint density at radius 3 is 1.82 bits per heavy atom. The van der Waals surface area contributed by atoms with Crippen molar-refractivity contribution >= 4 is 38.2 Å². The van der Waals surface area contributed by atoms with E-state index in [0.717, 1.165) is 12.5 Å². The number of hydrogen-bond acceptors (Lipinski definition) is 6. The summed E-state index contributed by atoms with van der Waals surface area (Å²) in [5.74, 6) is 0.317. The van der Waals surface area contributed by atoms with Gasteiger partial charge in [0.25, 0.3) is 0 Å². The Balaban J connectivity index is 3.02. The van der Waals surface area contributed by atoms with E-state index in [-0.39, 0.29) is 11.8 Å². The Hall–Kier alpha value is -1.60. The topological polar surface area (TPSA) is 83.5 Å². The number of rotatable bonds is 14. The van der Waals surface area contributed by atoms with Gasteiger partial charge in [-0.3, -0.25) is 0 Å². The Morgan fingerprint density at radius 1 is 0.970 bits per heavy atom. The maximum absolute atomic E-state index is 12.1. The van der Waals surface area contributed by atoms with Gasteiger partial charge >= 0.3 is 5.97 Å². The molecule has 188 valence electrons. The van der Waals surface area contributed by atoms with Crippen LogP contribution in [0.3, 0.4) is 0 Å². The zero-order chi connectivity index (χ0) is 25.4. The fourth-order valence-electron chi connectivity index (χ4n) is 3.46. The highest BCUT2D eigenvalue weighted by Crippen LogP contribution is 2.39. The van der Waals surface area contributed by atoms with Crippen LogP contribution in [0.25, 0.3) is 6.08 Å². The van der Waals surface area contributed by atoms with Gasteiger partial charge in [-0.15, -0.1) is 0 Å². The van der Waals surface area contributed by atoms with Crippen LogP contribution >= 0.6 is 0 Å². The minimum absolute atomic E-state index is 0.0945. The molecular formula is C23H42O7Si3. The summed E-state index contributed by atoms with van der Waals surface area (Å²) in [6.45, 7) is 15.0. The number of carboxylic acid groups (broad SMARTS) is 1. The van der Waals surface area contributed by atoms with E-state index in [2.05, 4.69) is 39.3 Å². The number of ether oxygens (including phenoxy) is 3. The lowest BCUT2D eigenvalue weighted by Gasteiger charge is -2.32. The van der Waals surface area contributed by atoms with Crippen molar-refractivity contribution in [2.75, 3.05) is 21.3 Å². The molecule has 10 heteroatoms. The highest BCUT2D eigenvalue weighted by Gasteiger charge is 2.27. The summed E-state index contributed by atoms with van der Waals surface area (Å²) in [6.07, 6.45) is 2.46. The first kappa shape index (κ1) is 29.4. The minimum Gasteiger partial charge on any atom is -0.493 e. The first-order chi connectivity index (χ1) is 15.2. The van der Waals surface area contributed by atoms with E-state index < -0.39 is 32.1 Å². The van der Waals surface area contributed by atoms with Crippen molar-refractivity contribution in [1.82, 2.24) is 0 Å². The van der Waals surface area contributed by atoms with Crippen LogP contribution in [0.4, 0.5) is 0 Å². The Labute approximate surface area is 203 Å².